The Labute approximate surface area is 233 Å². The van der Waals surface area contributed by atoms with E-state index in [-0.39, 0.29) is 20.4 Å². The quantitative estimate of drug-likeness (QED) is 0.231. The van der Waals surface area contributed by atoms with Crippen molar-refractivity contribution in [2.24, 2.45) is 0 Å². The molecule has 11 heteroatoms. The maximum atomic E-state index is 13.1. The minimum Gasteiger partial charge on any atom is -0.322 e. The Kier molecular flexibility index (Phi) is 8.01. The summed E-state index contributed by atoms with van der Waals surface area (Å²) in [6.45, 7) is 5.48. The summed E-state index contributed by atoms with van der Waals surface area (Å²) >= 11 is 6.20. The van der Waals surface area contributed by atoms with Crippen molar-refractivity contribution in [1.82, 2.24) is 0 Å². The van der Waals surface area contributed by atoms with Crippen LogP contribution < -0.4 is 14.8 Å². The molecule has 0 unspecified atom stereocenters. The molecule has 0 saturated carbocycles. The topological polar surface area (TPSA) is 121 Å². The molecule has 39 heavy (non-hydrogen) atoms. The van der Waals surface area contributed by atoms with E-state index >= 15 is 0 Å². The Morgan fingerprint density at radius 1 is 0.692 bits per heavy atom. The van der Waals surface area contributed by atoms with Crippen molar-refractivity contribution in [3.8, 4) is 0 Å². The largest absolute Gasteiger partial charge is 0.322 e. The summed E-state index contributed by atoms with van der Waals surface area (Å²) in [5.74, 6) is -0.594. The van der Waals surface area contributed by atoms with Gasteiger partial charge in [-0.25, -0.2) is 16.8 Å². The number of benzene rings is 4. The predicted octanol–water partition coefficient (Wildman–Crippen LogP) is 6.12. The van der Waals surface area contributed by atoms with Crippen LogP contribution in [0.5, 0.6) is 0 Å². The van der Waals surface area contributed by atoms with Gasteiger partial charge in [0.25, 0.3) is 26.0 Å². The zero-order valence-corrected chi connectivity index (χ0v) is 23.7. The number of carbonyl (C=O) groups excluding carboxylic acids is 1. The lowest BCUT2D eigenvalue weighted by atomic mass is 10.1. The molecule has 0 aliphatic carbocycles. The Balaban J connectivity index is 1.51. The van der Waals surface area contributed by atoms with Gasteiger partial charge >= 0.3 is 0 Å². The van der Waals surface area contributed by atoms with Crippen LogP contribution in [-0.4, -0.2) is 22.7 Å². The first-order chi connectivity index (χ1) is 18.3. The summed E-state index contributed by atoms with van der Waals surface area (Å²) in [6.07, 6.45) is 0. The van der Waals surface area contributed by atoms with Crippen LogP contribution in [0.25, 0.3) is 0 Å². The van der Waals surface area contributed by atoms with Crippen LogP contribution in [0, 0.1) is 20.8 Å². The van der Waals surface area contributed by atoms with Crippen molar-refractivity contribution in [1.29, 1.82) is 0 Å². The van der Waals surface area contributed by atoms with Gasteiger partial charge in [0.2, 0.25) is 0 Å². The normalized spacial score (nSPS) is 11.6. The summed E-state index contributed by atoms with van der Waals surface area (Å²) in [4.78, 5) is 12.7. The van der Waals surface area contributed by atoms with E-state index in [9.17, 15) is 21.6 Å². The van der Waals surface area contributed by atoms with Gasteiger partial charge < -0.3 is 5.32 Å². The van der Waals surface area contributed by atoms with E-state index in [2.05, 4.69) is 14.8 Å². The summed E-state index contributed by atoms with van der Waals surface area (Å²) in [6, 6.07) is 21.9. The predicted molar refractivity (Wildman–Crippen MR) is 155 cm³/mol. The fourth-order valence-corrected chi connectivity index (χ4v) is 6.44. The van der Waals surface area contributed by atoms with Gasteiger partial charge in [0, 0.05) is 16.9 Å². The average Bonchev–Trinajstić information content (AvgIpc) is 2.86. The Morgan fingerprint density at radius 2 is 1.38 bits per heavy atom. The molecule has 0 aromatic heterocycles. The lowest BCUT2D eigenvalue weighted by molar-refractivity contribution is 0.102. The fourth-order valence-electron chi connectivity index (χ4n) is 3.74. The monoisotopic (exact) mass is 583 g/mol. The van der Waals surface area contributed by atoms with Gasteiger partial charge in [0.05, 0.1) is 15.6 Å². The maximum Gasteiger partial charge on any atom is 0.263 e. The highest BCUT2D eigenvalue weighted by Gasteiger charge is 2.22. The molecular weight excluding hydrogens is 558 g/mol. The van der Waals surface area contributed by atoms with Gasteiger partial charge in [-0.3, -0.25) is 14.2 Å². The first-order valence-corrected chi connectivity index (χ1v) is 15.1. The van der Waals surface area contributed by atoms with Crippen LogP contribution >= 0.6 is 11.6 Å². The van der Waals surface area contributed by atoms with Gasteiger partial charge in [-0.15, -0.1) is 0 Å². The number of sulfonamides is 2. The molecule has 0 atom stereocenters. The average molecular weight is 584 g/mol. The van der Waals surface area contributed by atoms with Crippen molar-refractivity contribution in [2.75, 3.05) is 14.8 Å². The SMILES string of the molecule is Cc1cccc(NS(=O)(=O)c2ccc(NC(=O)c3ccc(Cl)c(S(=O)(=O)Nc4cc(C)ccc4C)c3)cc2)c1. The molecular formula is C28H26ClN3O5S2. The third-order valence-electron chi connectivity index (χ3n) is 5.81. The molecule has 0 spiro atoms. The van der Waals surface area contributed by atoms with Gasteiger partial charge in [-0.05, 0) is 98.1 Å². The summed E-state index contributed by atoms with van der Waals surface area (Å²) < 4.78 is 56.7. The number of nitrogens with one attached hydrogen (secondary N) is 3. The number of rotatable bonds is 8. The van der Waals surface area contributed by atoms with Crippen molar-refractivity contribution in [3.63, 3.8) is 0 Å². The van der Waals surface area contributed by atoms with Crippen LogP contribution in [0.15, 0.2) is 94.7 Å². The molecule has 1 amide bonds. The van der Waals surface area contributed by atoms with Gasteiger partial charge in [0.15, 0.2) is 0 Å². The van der Waals surface area contributed by atoms with E-state index in [1.54, 1.807) is 37.3 Å². The maximum absolute atomic E-state index is 13.1. The standard InChI is InChI=1S/C28H26ClN3O5S2/c1-18-5-4-6-23(15-18)31-38(34,35)24-12-10-22(11-13-24)30-28(33)21-9-14-25(29)27(17-21)39(36,37)32-26-16-19(2)7-8-20(26)3/h4-17,31-32H,1-3H3,(H,30,33). The minimum atomic E-state index is -4.10. The van der Waals surface area contributed by atoms with E-state index in [1.807, 2.05) is 26.0 Å². The molecule has 3 N–H and O–H groups in total. The molecule has 0 heterocycles. The summed E-state index contributed by atoms with van der Waals surface area (Å²) in [7, 11) is -7.94. The van der Waals surface area contributed by atoms with E-state index in [4.69, 9.17) is 11.6 Å². The van der Waals surface area contributed by atoms with Crippen LogP contribution in [0.3, 0.4) is 0 Å². The zero-order chi connectivity index (χ0) is 28.4. The number of aryl methyl sites for hydroxylation is 3. The highest BCUT2D eigenvalue weighted by molar-refractivity contribution is 7.93. The number of halogens is 1. The number of anilines is 3. The Morgan fingerprint density at radius 3 is 2.08 bits per heavy atom. The lowest BCUT2D eigenvalue weighted by Crippen LogP contribution is -2.17. The van der Waals surface area contributed by atoms with Gasteiger partial charge in [-0.1, -0.05) is 35.9 Å². The van der Waals surface area contributed by atoms with Crippen LogP contribution in [0.4, 0.5) is 17.1 Å². The zero-order valence-electron chi connectivity index (χ0n) is 21.3. The smallest absolute Gasteiger partial charge is 0.263 e. The fraction of sp³-hybridized carbons (Fsp3) is 0.107. The van der Waals surface area contributed by atoms with E-state index < -0.39 is 26.0 Å². The Hall–Kier alpha value is -3.86. The third-order valence-corrected chi connectivity index (χ3v) is 9.06. The van der Waals surface area contributed by atoms with Crippen molar-refractivity contribution >= 4 is 54.6 Å². The molecule has 0 fully saturated rings. The molecule has 0 radical (unpaired) electrons. The van der Waals surface area contributed by atoms with Crippen molar-refractivity contribution in [3.05, 3.63) is 112 Å². The molecule has 0 saturated heterocycles. The second kappa shape index (κ2) is 11.1. The van der Waals surface area contributed by atoms with Gasteiger partial charge in [-0.2, -0.15) is 0 Å². The first-order valence-electron chi connectivity index (χ1n) is 11.7. The lowest BCUT2D eigenvalue weighted by Gasteiger charge is -2.14. The van der Waals surface area contributed by atoms with Gasteiger partial charge in [0.1, 0.15) is 4.90 Å². The number of hydrogen-bond acceptors (Lipinski definition) is 5. The first kappa shape index (κ1) is 28.2. The van der Waals surface area contributed by atoms with Crippen LogP contribution in [0.1, 0.15) is 27.0 Å². The molecule has 202 valence electrons. The summed E-state index contributed by atoms with van der Waals surface area (Å²) in [5.41, 5.74) is 3.74. The second-order valence-corrected chi connectivity index (χ2v) is 12.8. The second-order valence-electron chi connectivity index (χ2n) is 9.02. The number of amides is 1. The highest BCUT2D eigenvalue weighted by atomic mass is 35.5. The van der Waals surface area contributed by atoms with E-state index in [0.717, 1.165) is 16.7 Å². The van der Waals surface area contributed by atoms with E-state index in [1.165, 1.54) is 42.5 Å². The van der Waals surface area contributed by atoms with Crippen LogP contribution in [-0.2, 0) is 20.0 Å². The molecule has 4 rings (SSSR count). The Bertz CT molecular complexity index is 1770. The minimum absolute atomic E-state index is 0.0133. The third kappa shape index (κ3) is 6.78. The van der Waals surface area contributed by atoms with Crippen molar-refractivity contribution in [2.45, 2.75) is 30.6 Å². The molecule has 4 aromatic carbocycles. The van der Waals surface area contributed by atoms with Crippen LogP contribution in [0.2, 0.25) is 5.02 Å². The molecule has 8 nitrogen and oxygen atoms in total. The van der Waals surface area contributed by atoms with Crippen molar-refractivity contribution < 1.29 is 21.6 Å². The number of carbonyl (C=O) groups is 1. The summed E-state index contributed by atoms with van der Waals surface area (Å²) in [5, 5.41) is 2.60. The van der Waals surface area contributed by atoms with E-state index in [0.29, 0.717) is 17.1 Å². The molecule has 0 aliphatic heterocycles. The highest BCUT2D eigenvalue weighted by Crippen LogP contribution is 2.27. The molecule has 0 aliphatic rings. The molecule has 4 aromatic rings. The molecule has 0 bridgehead atoms. The number of hydrogen-bond donors (Lipinski definition) is 3.